The molecule has 0 saturated carbocycles. The number of guanidine groups is 1. The molecule has 0 radical (unpaired) electrons. The average Bonchev–Trinajstić information content (AvgIpc) is 2.92. The highest BCUT2D eigenvalue weighted by Crippen LogP contribution is 2.16. The van der Waals surface area contributed by atoms with Gasteiger partial charge in [0.2, 0.25) is 5.91 Å². The first-order chi connectivity index (χ1) is 11.9. The third kappa shape index (κ3) is 5.67. The lowest BCUT2D eigenvalue weighted by molar-refractivity contribution is -0.129. The van der Waals surface area contributed by atoms with Crippen LogP contribution >= 0.6 is 11.3 Å². The highest BCUT2D eigenvalue weighted by molar-refractivity contribution is 7.11. The summed E-state index contributed by atoms with van der Waals surface area (Å²) in [5.74, 6) is 1.11. The molecule has 1 saturated heterocycles. The van der Waals surface area contributed by atoms with Crippen LogP contribution < -0.4 is 5.32 Å². The molecule has 1 aromatic heterocycles. The second kappa shape index (κ2) is 9.15. The highest BCUT2D eigenvalue weighted by Gasteiger charge is 2.20. The Labute approximate surface area is 154 Å². The van der Waals surface area contributed by atoms with Gasteiger partial charge in [-0.15, -0.1) is 11.3 Å². The summed E-state index contributed by atoms with van der Waals surface area (Å²) in [6.45, 7) is 9.44. The smallest absolute Gasteiger partial charge is 0.223 e. The van der Waals surface area contributed by atoms with E-state index in [9.17, 15) is 4.79 Å². The van der Waals surface area contributed by atoms with Crippen molar-refractivity contribution in [1.82, 2.24) is 25.0 Å². The Hall–Kier alpha value is -1.67. The molecular weight excluding hydrogens is 336 g/mol. The van der Waals surface area contributed by atoms with Gasteiger partial charge in [0, 0.05) is 65.2 Å². The van der Waals surface area contributed by atoms with Gasteiger partial charge in [0.1, 0.15) is 5.01 Å². The van der Waals surface area contributed by atoms with Gasteiger partial charge in [-0.25, -0.2) is 4.98 Å². The van der Waals surface area contributed by atoms with Crippen molar-refractivity contribution < 1.29 is 4.79 Å². The molecule has 7 nitrogen and oxygen atoms in total. The highest BCUT2D eigenvalue weighted by atomic mass is 32.1. The molecule has 1 aliphatic rings. The van der Waals surface area contributed by atoms with Gasteiger partial charge < -0.3 is 15.1 Å². The monoisotopic (exact) mass is 366 g/mol. The first kappa shape index (κ1) is 19.7. The van der Waals surface area contributed by atoms with Crippen LogP contribution in [0.25, 0.3) is 0 Å². The third-order valence-corrected chi connectivity index (χ3v) is 5.57. The van der Waals surface area contributed by atoms with Crippen molar-refractivity contribution in [2.75, 3.05) is 53.9 Å². The van der Waals surface area contributed by atoms with E-state index in [0.717, 1.165) is 49.4 Å². The zero-order chi connectivity index (χ0) is 18.4. The van der Waals surface area contributed by atoms with Gasteiger partial charge >= 0.3 is 0 Å². The van der Waals surface area contributed by atoms with Gasteiger partial charge in [-0.3, -0.25) is 14.7 Å². The van der Waals surface area contributed by atoms with Gasteiger partial charge in [0.25, 0.3) is 0 Å². The van der Waals surface area contributed by atoms with Crippen LogP contribution in [0.3, 0.4) is 0 Å². The van der Waals surface area contributed by atoms with Crippen LogP contribution in [0.15, 0.2) is 4.99 Å². The number of carbonyl (C=O) groups excluding carboxylic acids is 1. The normalized spacial score (nSPS) is 16.2. The molecule has 1 fully saturated rings. The Bertz CT molecular complexity index is 585. The number of rotatable bonds is 5. The van der Waals surface area contributed by atoms with E-state index in [0.29, 0.717) is 13.0 Å². The van der Waals surface area contributed by atoms with Crippen molar-refractivity contribution in [3.8, 4) is 0 Å². The van der Waals surface area contributed by atoms with Crippen molar-refractivity contribution >= 4 is 23.2 Å². The summed E-state index contributed by atoms with van der Waals surface area (Å²) in [7, 11) is 5.44. The molecule has 25 heavy (non-hydrogen) atoms. The Morgan fingerprint density at radius 1 is 1.28 bits per heavy atom. The molecule has 0 unspecified atom stereocenters. The summed E-state index contributed by atoms with van der Waals surface area (Å²) in [6.07, 6.45) is 0.586. The molecule has 8 heteroatoms. The maximum atomic E-state index is 11.7. The molecule has 0 spiro atoms. The van der Waals surface area contributed by atoms with E-state index in [1.165, 1.54) is 4.88 Å². The lowest BCUT2D eigenvalue weighted by atomic mass is 10.3. The van der Waals surface area contributed by atoms with E-state index < -0.39 is 0 Å². The molecule has 1 aromatic rings. The zero-order valence-electron chi connectivity index (χ0n) is 16.0. The van der Waals surface area contributed by atoms with Crippen molar-refractivity contribution in [3.05, 3.63) is 15.6 Å². The molecule has 0 aliphatic carbocycles. The van der Waals surface area contributed by atoms with Crippen LogP contribution in [0.1, 0.15) is 22.0 Å². The number of piperazine rings is 1. The average molecular weight is 367 g/mol. The van der Waals surface area contributed by atoms with E-state index in [2.05, 4.69) is 32.0 Å². The Balaban J connectivity index is 1.77. The predicted octanol–water partition coefficient (Wildman–Crippen LogP) is 0.931. The summed E-state index contributed by atoms with van der Waals surface area (Å²) in [5.41, 5.74) is 1.11. The van der Waals surface area contributed by atoms with E-state index in [1.54, 1.807) is 30.3 Å². The van der Waals surface area contributed by atoms with Crippen molar-refractivity contribution in [1.29, 1.82) is 0 Å². The van der Waals surface area contributed by atoms with Crippen LogP contribution in [0.5, 0.6) is 0 Å². The molecule has 1 amide bonds. The number of nitrogens with one attached hydrogen (secondary N) is 1. The fourth-order valence-electron chi connectivity index (χ4n) is 2.76. The first-order valence-electron chi connectivity index (χ1n) is 8.71. The van der Waals surface area contributed by atoms with E-state index in [4.69, 9.17) is 0 Å². The quantitative estimate of drug-likeness (QED) is 0.620. The van der Waals surface area contributed by atoms with Crippen LogP contribution in [0, 0.1) is 13.8 Å². The second-order valence-electron chi connectivity index (χ2n) is 6.52. The molecule has 0 atom stereocenters. The SMILES string of the molecule is CN=C(NCc1nc(C)c(C)s1)N1CCN(CCC(=O)N(C)C)CC1. The number of aryl methyl sites for hydroxylation is 2. The molecule has 1 N–H and O–H groups in total. The lowest BCUT2D eigenvalue weighted by Gasteiger charge is -2.36. The lowest BCUT2D eigenvalue weighted by Crippen LogP contribution is -2.52. The topological polar surface area (TPSA) is 64.1 Å². The van der Waals surface area contributed by atoms with E-state index in [-0.39, 0.29) is 5.91 Å². The fraction of sp³-hybridized carbons (Fsp3) is 0.706. The van der Waals surface area contributed by atoms with Crippen molar-refractivity contribution in [2.24, 2.45) is 4.99 Å². The van der Waals surface area contributed by atoms with Crippen LogP contribution in [0.4, 0.5) is 0 Å². The van der Waals surface area contributed by atoms with E-state index in [1.807, 2.05) is 14.0 Å². The first-order valence-corrected chi connectivity index (χ1v) is 9.53. The third-order valence-electron chi connectivity index (χ3n) is 4.49. The maximum Gasteiger partial charge on any atom is 0.223 e. The van der Waals surface area contributed by atoms with Crippen molar-refractivity contribution in [2.45, 2.75) is 26.8 Å². The van der Waals surface area contributed by atoms with Crippen molar-refractivity contribution in [3.63, 3.8) is 0 Å². The van der Waals surface area contributed by atoms with Gasteiger partial charge in [0.05, 0.1) is 12.2 Å². The molecule has 2 rings (SSSR count). The van der Waals surface area contributed by atoms with Gasteiger partial charge in [-0.1, -0.05) is 0 Å². The molecule has 1 aliphatic heterocycles. The Morgan fingerprint density at radius 3 is 2.48 bits per heavy atom. The number of hydrogen-bond acceptors (Lipinski definition) is 5. The number of nitrogens with zero attached hydrogens (tertiary/aromatic N) is 5. The van der Waals surface area contributed by atoms with Gasteiger partial charge in [-0.2, -0.15) is 0 Å². The minimum absolute atomic E-state index is 0.189. The summed E-state index contributed by atoms with van der Waals surface area (Å²) < 4.78 is 0. The summed E-state index contributed by atoms with van der Waals surface area (Å²) in [4.78, 5) is 28.2. The summed E-state index contributed by atoms with van der Waals surface area (Å²) >= 11 is 1.73. The largest absolute Gasteiger partial charge is 0.350 e. The molecule has 0 aromatic carbocycles. The summed E-state index contributed by atoms with van der Waals surface area (Å²) in [6, 6.07) is 0. The number of thiazole rings is 1. The number of carbonyl (C=O) groups is 1. The zero-order valence-corrected chi connectivity index (χ0v) is 16.8. The summed E-state index contributed by atoms with van der Waals surface area (Å²) in [5, 5.41) is 4.51. The van der Waals surface area contributed by atoms with E-state index >= 15 is 0 Å². The van der Waals surface area contributed by atoms with Gasteiger partial charge in [-0.05, 0) is 13.8 Å². The van der Waals surface area contributed by atoms with Gasteiger partial charge in [0.15, 0.2) is 5.96 Å². The number of aromatic nitrogens is 1. The number of aliphatic imine (C=N–C) groups is 1. The van der Waals surface area contributed by atoms with Crippen LogP contribution in [-0.4, -0.2) is 85.4 Å². The minimum atomic E-state index is 0.189. The molecular formula is C17H30N6OS. The van der Waals surface area contributed by atoms with Crippen LogP contribution in [0.2, 0.25) is 0 Å². The van der Waals surface area contributed by atoms with Crippen LogP contribution in [-0.2, 0) is 11.3 Å². The predicted molar refractivity (Wildman–Crippen MR) is 103 cm³/mol. The maximum absolute atomic E-state index is 11.7. The standard InChI is InChI=1S/C17H30N6OS/c1-13-14(2)25-15(20-13)12-19-17(18-3)23-10-8-22(9-11-23)7-6-16(24)21(4)5/h6-12H2,1-5H3,(H,18,19). The molecule has 2 heterocycles. The molecule has 0 bridgehead atoms. The minimum Gasteiger partial charge on any atom is -0.350 e. The Morgan fingerprint density at radius 2 is 1.96 bits per heavy atom. The fourth-order valence-corrected chi connectivity index (χ4v) is 3.64. The molecule has 140 valence electrons. The Kier molecular flexibility index (Phi) is 7.19. The second-order valence-corrected chi connectivity index (χ2v) is 7.80. The number of hydrogen-bond donors (Lipinski definition) is 1. The number of amides is 1.